The van der Waals surface area contributed by atoms with E-state index in [1.54, 1.807) is 0 Å². The summed E-state index contributed by atoms with van der Waals surface area (Å²) in [5.74, 6) is 1.34. The van der Waals surface area contributed by atoms with Gasteiger partial charge in [0, 0.05) is 18.4 Å². The average molecular weight is 421 g/mol. The number of carbonyl (C=O) groups is 1. The van der Waals surface area contributed by atoms with Gasteiger partial charge in [0.05, 0.1) is 10.2 Å². The molecule has 0 bridgehead atoms. The van der Waals surface area contributed by atoms with Gasteiger partial charge in [-0.15, -0.1) is 0 Å². The Kier molecular flexibility index (Phi) is 5.63. The molecule has 154 valence electrons. The van der Waals surface area contributed by atoms with Crippen LogP contribution < -0.4 is 5.32 Å². The minimum Gasteiger partial charge on any atom is -0.339 e. The molecule has 0 aliphatic carbocycles. The molecule has 0 atom stereocenters. The monoisotopic (exact) mass is 420 g/mol. The van der Waals surface area contributed by atoms with Crippen LogP contribution >= 0.6 is 11.3 Å². The molecule has 0 fully saturated rings. The van der Waals surface area contributed by atoms with Gasteiger partial charge in [0.25, 0.3) is 0 Å². The Morgan fingerprint density at radius 1 is 1.13 bits per heavy atom. The van der Waals surface area contributed by atoms with Gasteiger partial charge >= 0.3 is 0 Å². The number of aryl methyl sites for hydroxylation is 3. The van der Waals surface area contributed by atoms with Gasteiger partial charge in [0.1, 0.15) is 0 Å². The fourth-order valence-corrected chi connectivity index (χ4v) is 4.38. The number of aromatic nitrogens is 3. The largest absolute Gasteiger partial charge is 0.339 e. The predicted molar refractivity (Wildman–Crippen MR) is 120 cm³/mol. The minimum atomic E-state index is -0.121. The Labute approximate surface area is 179 Å². The topological polar surface area (TPSA) is 80.9 Å². The lowest BCUT2D eigenvalue weighted by atomic mass is 10.0. The number of nitrogens with zero attached hydrogens (tertiary/aromatic N) is 3. The Morgan fingerprint density at radius 3 is 2.63 bits per heavy atom. The van der Waals surface area contributed by atoms with Crippen LogP contribution in [0.5, 0.6) is 0 Å². The average Bonchev–Trinajstić information content (AvgIpc) is 3.33. The van der Waals surface area contributed by atoms with Gasteiger partial charge in [0.15, 0.2) is 5.13 Å². The lowest BCUT2D eigenvalue weighted by Gasteiger charge is -2.04. The van der Waals surface area contributed by atoms with Gasteiger partial charge < -0.3 is 9.84 Å². The zero-order valence-corrected chi connectivity index (χ0v) is 18.3. The van der Waals surface area contributed by atoms with Crippen LogP contribution in [0.15, 0.2) is 40.9 Å². The first-order valence-electron chi connectivity index (χ1n) is 9.99. The van der Waals surface area contributed by atoms with Crippen LogP contribution in [0.2, 0.25) is 0 Å². The smallest absolute Gasteiger partial charge is 0.227 e. The van der Waals surface area contributed by atoms with Gasteiger partial charge in [-0.3, -0.25) is 4.79 Å². The van der Waals surface area contributed by atoms with Gasteiger partial charge in [-0.2, -0.15) is 4.98 Å². The van der Waals surface area contributed by atoms with E-state index >= 15 is 0 Å². The Morgan fingerprint density at radius 2 is 1.90 bits per heavy atom. The summed E-state index contributed by atoms with van der Waals surface area (Å²) in [5, 5.41) is 7.53. The molecule has 0 unspecified atom stereocenters. The maximum Gasteiger partial charge on any atom is 0.227 e. The number of anilines is 1. The summed E-state index contributed by atoms with van der Waals surface area (Å²) < 4.78 is 6.40. The number of hydrogen-bond donors (Lipinski definition) is 1. The molecule has 0 saturated carbocycles. The Balaban J connectivity index is 1.37. The summed E-state index contributed by atoms with van der Waals surface area (Å²) >= 11 is 1.49. The van der Waals surface area contributed by atoms with Gasteiger partial charge in [-0.1, -0.05) is 60.7 Å². The summed E-state index contributed by atoms with van der Waals surface area (Å²) in [7, 11) is 0. The lowest BCUT2D eigenvalue weighted by molar-refractivity contribution is -0.116. The van der Waals surface area contributed by atoms with E-state index in [2.05, 4.69) is 65.5 Å². The van der Waals surface area contributed by atoms with Crippen molar-refractivity contribution in [1.29, 1.82) is 0 Å². The zero-order valence-electron chi connectivity index (χ0n) is 17.5. The molecule has 2 heterocycles. The van der Waals surface area contributed by atoms with Crippen molar-refractivity contribution in [3.8, 4) is 11.4 Å². The van der Waals surface area contributed by atoms with Crippen LogP contribution in [0.1, 0.15) is 48.8 Å². The van der Waals surface area contributed by atoms with Crippen molar-refractivity contribution >= 4 is 32.6 Å². The molecule has 1 N–H and O–H groups in total. The molecule has 2 aromatic heterocycles. The number of carbonyl (C=O) groups excluding carboxylic acids is 1. The molecule has 4 aromatic rings. The maximum absolute atomic E-state index is 12.4. The highest BCUT2D eigenvalue weighted by Gasteiger charge is 2.13. The number of thiazole rings is 1. The van der Waals surface area contributed by atoms with Gasteiger partial charge in [-0.05, 0) is 42.5 Å². The van der Waals surface area contributed by atoms with Crippen molar-refractivity contribution in [2.24, 2.45) is 0 Å². The van der Waals surface area contributed by atoms with E-state index in [4.69, 9.17) is 4.52 Å². The molecule has 2 aromatic carbocycles. The molecule has 0 aliphatic heterocycles. The van der Waals surface area contributed by atoms with Crippen molar-refractivity contribution in [2.45, 2.75) is 46.5 Å². The van der Waals surface area contributed by atoms with E-state index in [0.29, 0.717) is 29.2 Å². The molecule has 0 radical (unpaired) electrons. The Hall–Kier alpha value is -3.06. The van der Waals surface area contributed by atoms with E-state index in [-0.39, 0.29) is 12.3 Å². The Bertz CT molecular complexity index is 1190. The molecule has 6 nitrogen and oxygen atoms in total. The number of benzene rings is 2. The first-order chi connectivity index (χ1) is 14.4. The van der Waals surface area contributed by atoms with Crippen LogP contribution in [0.25, 0.3) is 21.6 Å². The van der Waals surface area contributed by atoms with Gasteiger partial charge in [0.2, 0.25) is 17.6 Å². The summed E-state index contributed by atoms with van der Waals surface area (Å²) in [6, 6.07) is 12.3. The molecule has 0 aliphatic rings. The highest BCUT2D eigenvalue weighted by molar-refractivity contribution is 7.22. The van der Waals surface area contributed by atoms with E-state index in [9.17, 15) is 4.79 Å². The fraction of sp³-hybridized carbons (Fsp3) is 0.304. The second kappa shape index (κ2) is 8.36. The normalized spacial score (nSPS) is 11.4. The first-order valence-corrected chi connectivity index (χ1v) is 10.8. The SMILES string of the molecule is Cc1cc(C)c2nc(NC(=O)CCc3nc(-c4ccc(C(C)C)cc4)no3)sc2c1. The minimum absolute atomic E-state index is 0.121. The number of nitrogens with one attached hydrogen (secondary N) is 1. The summed E-state index contributed by atoms with van der Waals surface area (Å²) in [6.07, 6.45) is 0.633. The van der Waals surface area contributed by atoms with Crippen LogP contribution in [-0.4, -0.2) is 21.0 Å². The van der Waals surface area contributed by atoms with E-state index in [0.717, 1.165) is 21.3 Å². The second-order valence-electron chi connectivity index (χ2n) is 7.78. The van der Waals surface area contributed by atoms with E-state index in [1.165, 1.54) is 22.5 Å². The molecular formula is C23H24N4O2S. The molecule has 30 heavy (non-hydrogen) atoms. The van der Waals surface area contributed by atoms with Crippen LogP contribution in [0, 0.1) is 13.8 Å². The van der Waals surface area contributed by atoms with Crippen molar-refractivity contribution < 1.29 is 9.32 Å². The van der Waals surface area contributed by atoms with Crippen LogP contribution in [0.4, 0.5) is 5.13 Å². The molecule has 0 saturated heterocycles. The molecule has 1 amide bonds. The third kappa shape index (κ3) is 4.41. The molecule has 0 spiro atoms. The third-order valence-corrected chi connectivity index (χ3v) is 5.86. The molecule has 4 rings (SSSR count). The van der Waals surface area contributed by atoms with Crippen molar-refractivity contribution in [1.82, 2.24) is 15.1 Å². The highest BCUT2D eigenvalue weighted by atomic mass is 32.1. The van der Waals surface area contributed by atoms with E-state index in [1.807, 2.05) is 19.1 Å². The standard InChI is InChI=1S/C23H24N4O2S/c1-13(2)16-5-7-17(8-6-16)22-25-20(29-27-22)10-9-19(28)24-23-26-21-15(4)11-14(3)12-18(21)30-23/h5-8,11-13H,9-10H2,1-4H3,(H,24,26,28). The number of fused-ring (bicyclic) bond motifs is 1. The van der Waals surface area contributed by atoms with Crippen LogP contribution in [-0.2, 0) is 11.2 Å². The number of rotatable bonds is 6. The molecule has 7 heteroatoms. The second-order valence-corrected chi connectivity index (χ2v) is 8.81. The lowest BCUT2D eigenvalue weighted by Crippen LogP contribution is -2.12. The summed E-state index contributed by atoms with van der Waals surface area (Å²) in [5.41, 5.74) is 5.40. The summed E-state index contributed by atoms with van der Waals surface area (Å²) in [4.78, 5) is 21.3. The summed E-state index contributed by atoms with van der Waals surface area (Å²) in [6.45, 7) is 8.40. The van der Waals surface area contributed by atoms with Crippen LogP contribution in [0.3, 0.4) is 0 Å². The quantitative estimate of drug-likeness (QED) is 0.435. The van der Waals surface area contributed by atoms with E-state index < -0.39 is 0 Å². The maximum atomic E-state index is 12.4. The number of amides is 1. The third-order valence-electron chi connectivity index (χ3n) is 4.95. The highest BCUT2D eigenvalue weighted by Crippen LogP contribution is 2.29. The van der Waals surface area contributed by atoms with Crippen molar-refractivity contribution in [2.75, 3.05) is 5.32 Å². The molecular weight excluding hydrogens is 396 g/mol. The van der Waals surface area contributed by atoms with Crippen molar-refractivity contribution in [3.63, 3.8) is 0 Å². The number of hydrogen-bond acceptors (Lipinski definition) is 6. The first kappa shape index (κ1) is 20.2. The fourth-order valence-electron chi connectivity index (χ4n) is 3.32. The van der Waals surface area contributed by atoms with Crippen molar-refractivity contribution in [3.05, 3.63) is 59.0 Å². The predicted octanol–water partition coefficient (Wildman–Crippen LogP) is 5.66. The van der Waals surface area contributed by atoms with Gasteiger partial charge in [-0.25, -0.2) is 4.98 Å². The zero-order chi connectivity index (χ0) is 21.3.